The summed E-state index contributed by atoms with van der Waals surface area (Å²) >= 11 is 5.66. The standard InChI is InChI=1S/C15H19ClN2O2/c1-2-20-14(19)15(12-17,10-6-7-11-16)18-13-8-4-3-5-9-13/h3-5,8-9,18H,2,6-7,10-11H2,1H3. The van der Waals surface area contributed by atoms with Crippen molar-refractivity contribution in [2.75, 3.05) is 17.8 Å². The van der Waals surface area contributed by atoms with Crippen LogP contribution in [0.4, 0.5) is 5.69 Å². The molecular formula is C15H19ClN2O2. The number of nitrogens with zero attached hydrogens (tertiary/aromatic N) is 1. The number of para-hydroxylation sites is 1. The lowest BCUT2D eigenvalue weighted by atomic mass is 9.93. The van der Waals surface area contributed by atoms with E-state index in [0.717, 1.165) is 6.42 Å². The van der Waals surface area contributed by atoms with E-state index in [1.165, 1.54) is 0 Å². The second-order valence-corrected chi connectivity index (χ2v) is 4.75. The van der Waals surface area contributed by atoms with Crippen molar-refractivity contribution in [3.8, 4) is 6.07 Å². The Bertz CT molecular complexity index is 459. The van der Waals surface area contributed by atoms with Crippen LogP contribution < -0.4 is 5.32 Å². The molecule has 1 aromatic carbocycles. The van der Waals surface area contributed by atoms with Crippen LogP contribution in [0.1, 0.15) is 26.2 Å². The number of nitrogens with one attached hydrogen (secondary N) is 1. The number of rotatable bonds is 8. The predicted octanol–water partition coefficient (Wildman–Crippen LogP) is 3.33. The van der Waals surface area contributed by atoms with E-state index >= 15 is 0 Å². The molecule has 0 heterocycles. The third-order valence-electron chi connectivity index (χ3n) is 2.88. The molecule has 0 bridgehead atoms. The summed E-state index contributed by atoms with van der Waals surface area (Å²) in [5.74, 6) is -0.0312. The lowest BCUT2D eigenvalue weighted by Gasteiger charge is -2.26. The van der Waals surface area contributed by atoms with E-state index < -0.39 is 11.5 Å². The van der Waals surface area contributed by atoms with Crippen LogP contribution in [0.5, 0.6) is 0 Å². The van der Waals surface area contributed by atoms with Gasteiger partial charge in [-0.05, 0) is 38.3 Å². The van der Waals surface area contributed by atoms with Crippen molar-refractivity contribution in [3.63, 3.8) is 0 Å². The van der Waals surface area contributed by atoms with Gasteiger partial charge in [0.15, 0.2) is 0 Å². The van der Waals surface area contributed by atoms with Gasteiger partial charge in [0, 0.05) is 11.6 Å². The topological polar surface area (TPSA) is 62.1 Å². The number of carbonyl (C=O) groups is 1. The molecule has 0 amide bonds. The smallest absolute Gasteiger partial charge is 0.346 e. The molecule has 0 saturated carbocycles. The highest BCUT2D eigenvalue weighted by Crippen LogP contribution is 2.22. The number of hydrogen-bond donors (Lipinski definition) is 1. The summed E-state index contributed by atoms with van der Waals surface area (Å²) in [5.41, 5.74) is -0.642. The highest BCUT2D eigenvalue weighted by atomic mass is 35.5. The summed E-state index contributed by atoms with van der Waals surface area (Å²) in [4.78, 5) is 12.2. The van der Waals surface area contributed by atoms with Crippen LogP contribution in [0.2, 0.25) is 0 Å². The number of halogens is 1. The zero-order chi connectivity index (χ0) is 14.8. The Balaban J connectivity index is 2.92. The van der Waals surface area contributed by atoms with Gasteiger partial charge >= 0.3 is 5.97 Å². The summed E-state index contributed by atoms with van der Waals surface area (Å²) in [6.07, 6.45) is 1.79. The van der Waals surface area contributed by atoms with Crippen LogP contribution in [0.25, 0.3) is 0 Å². The van der Waals surface area contributed by atoms with Gasteiger partial charge < -0.3 is 10.1 Å². The van der Waals surface area contributed by atoms with Crippen LogP contribution in [-0.2, 0) is 9.53 Å². The maximum absolute atomic E-state index is 12.2. The van der Waals surface area contributed by atoms with E-state index in [-0.39, 0.29) is 6.61 Å². The number of nitriles is 1. The van der Waals surface area contributed by atoms with Gasteiger partial charge in [-0.2, -0.15) is 5.26 Å². The Morgan fingerprint density at radius 1 is 1.40 bits per heavy atom. The SMILES string of the molecule is CCOC(=O)C(C#N)(CCCCCl)Nc1ccccc1. The van der Waals surface area contributed by atoms with Gasteiger partial charge in [-0.25, -0.2) is 4.79 Å². The summed E-state index contributed by atoms with van der Waals surface area (Å²) in [5, 5.41) is 12.5. The molecule has 0 aliphatic heterocycles. The number of ether oxygens (including phenoxy) is 1. The quantitative estimate of drug-likeness (QED) is 0.454. The van der Waals surface area contributed by atoms with Crippen molar-refractivity contribution in [2.24, 2.45) is 0 Å². The van der Waals surface area contributed by atoms with Crippen LogP contribution >= 0.6 is 11.6 Å². The summed E-state index contributed by atoms with van der Waals surface area (Å²) < 4.78 is 5.04. The lowest BCUT2D eigenvalue weighted by Crippen LogP contribution is -2.46. The number of alkyl halides is 1. The Morgan fingerprint density at radius 2 is 2.10 bits per heavy atom. The van der Waals surface area contributed by atoms with E-state index in [4.69, 9.17) is 16.3 Å². The van der Waals surface area contributed by atoms with Crippen LogP contribution in [0.3, 0.4) is 0 Å². The molecule has 4 nitrogen and oxygen atoms in total. The number of esters is 1. The maximum Gasteiger partial charge on any atom is 0.346 e. The monoisotopic (exact) mass is 294 g/mol. The van der Waals surface area contributed by atoms with Crippen molar-refractivity contribution >= 4 is 23.3 Å². The molecule has 1 N–H and O–H groups in total. The minimum absolute atomic E-state index is 0.244. The average molecular weight is 295 g/mol. The fourth-order valence-electron chi connectivity index (χ4n) is 1.85. The molecule has 1 atom stereocenters. The number of benzene rings is 1. The minimum atomic E-state index is -1.36. The van der Waals surface area contributed by atoms with Gasteiger partial charge in [0.25, 0.3) is 0 Å². The number of anilines is 1. The summed E-state index contributed by atoms with van der Waals surface area (Å²) in [7, 11) is 0. The average Bonchev–Trinajstić information content (AvgIpc) is 2.47. The minimum Gasteiger partial charge on any atom is -0.463 e. The van der Waals surface area contributed by atoms with Crippen molar-refractivity contribution in [1.29, 1.82) is 5.26 Å². The molecule has 1 rings (SSSR count). The van der Waals surface area contributed by atoms with E-state index in [0.29, 0.717) is 24.4 Å². The van der Waals surface area contributed by atoms with Gasteiger partial charge in [-0.15, -0.1) is 11.6 Å². The molecular weight excluding hydrogens is 276 g/mol. The van der Waals surface area contributed by atoms with Crippen LogP contribution in [0.15, 0.2) is 30.3 Å². The lowest BCUT2D eigenvalue weighted by molar-refractivity contribution is -0.146. The van der Waals surface area contributed by atoms with Gasteiger partial charge in [-0.1, -0.05) is 18.2 Å². The van der Waals surface area contributed by atoms with E-state index in [2.05, 4.69) is 11.4 Å². The number of hydrogen-bond acceptors (Lipinski definition) is 4. The second kappa shape index (κ2) is 8.44. The van der Waals surface area contributed by atoms with Crippen molar-refractivity contribution in [1.82, 2.24) is 0 Å². The van der Waals surface area contributed by atoms with Crippen LogP contribution in [0, 0.1) is 11.3 Å². The fourth-order valence-corrected chi connectivity index (χ4v) is 2.04. The second-order valence-electron chi connectivity index (χ2n) is 4.37. The van der Waals surface area contributed by atoms with E-state index in [1.807, 2.05) is 30.3 Å². The maximum atomic E-state index is 12.2. The van der Waals surface area contributed by atoms with Gasteiger partial charge in [0.2, 0.25) is 5.54 Å². The Hall–Kier alpha value is -1.73. The first-order chi connectivity index (χ1) is 9.68. The molecule has 1 aromatic rings. The molecule has 1 unspecified atom stereocenters. The van der Waals surface area contributed by atoms with E-state index in [9.17, 15) is 10.1 Å². The summed E-state index contributed by atoms with van der Waals surface area (Å²) in [6, 6.07) is 11.3. The van der Waals surface area contributed by atoms with Crippen LogP contribution in [-0.4, -0.2) is 24.0 Å². The third-order valence-corrected chi connectivity index (χ3v) is 3.15. The Morgan fingerprint density at radius 3 is 2.65 bits per heavy atom. The zero-order valence-electron chi connectivity index (χ0n) is 11.6. The van der Waals surface area contributed by atoms with Gasteiger partial charge in [0.1, 0.15) is 6.07 Å². The highest BCUT2D eigenvalue weighted by Gasteiger charge is 2.39. The van der Waals surface area contributed by atoms with Gasteiger partial charge in [0.05, 0.1) is 6.61 Å². The first kappa shape index (κ1) is 16.3. The predicted molar refractivity (Wildman–Crippen MR) is 79.6 cm³/mol. The summed E-state index contributed by atoms with van der Waals surface area (Å²) in [6.45, 7) is 1.97. The Kier molecular flexibility index (Phi) is 6.89. The molecule has 0 saturated heterocycles. The highest BCUT2D eigenvalue weighted by molar-refractivity contribution is 6.17. The molecule has 0 aliphatic rings. The molecule has 0 radical (unpaired) electrons. The van der Waals surface area contributed by atoms with E-state index in [1.54, 1.807) is 6.92 Å². The zero-order valence-corrected chi connectivity index (χ0v) is 12.3. The van der Waals surface area contributed by atoms with Crippen molar-refractivity contribution in [3.05, 3.63) is 30.3 Å². The largest absolute Gasteiger partial charge is 0.463 e. The first-order valence-electron chi connectivity index (χ1n) is 6.66. The molecule has 0 aromatic heterocycles. The first-order valence-corrected chi connectivity index (χ1v) is 7.19. The van der Waals surface area contributed by atoms with Crippen molar-refractivity contribution < 1.29 is 9.53 Å². The normalized spacial score (nSPS) is 13.1. The molecule has 0 spiro atoms. The van der Waals surface area contributed by atoms with Gasteiger partial charge in [-0.3, -0.25) is 0 Å². The number of carbonyl (C=O) groups excluding carboxylic acids is 1. The molecule has 0 fully saturated rings. The third kappa shape index (κ3) is 4.43. The molecule has 108 valence electrons. The molecule has 20 heavy (non-hydrogen) atoms. The molecule has 5 heteroatoms. The Labute approximate surface area is 124 Å². The fraction of sp³-hybridized carbons (Fsp3) is 0.467. The molecule has 0 aliphatic carbocycles. The number of unbranched alkanes of at least 4 members (excludes halogenated alkanes) is 1. The van der Waals surface area contributed by atoms with Crippen molar-refractivity contribution in [2.45, 2.75) is 31.7 Å².